The summed E-state index contributed by atoms with van der Waals surface area (Å²) in [7, 11) is -3.07. The van der Waals surface area contributed by atoms with Crippen molar-refractivity contribution in [1.29, 1.82) is 0 Å². The van der Waals surface area contributed by atoms with Crippen molar-refractivity contribution in [2.24, 2.45) is 0 Å². The molecule has 0 spiro atoms. The van der Waals surface area contributed by atoms with E-state index in [-0.39, 0.29) is 17.0 Å². The summed E-state index contributed by atoms with van der Waals surface area (Å²) in [5, 5.41) is 17.7. The zero-order valence-corrected chi connectivity index (χ0v) is 30.7. The number of aliphatic carboxylic acids is 1. The first-order chi connectivity index (χ1) is 22.5. The highest BCUT2D eigenvalue weighted by molar-refractivity contribution is 7.96. The van der Waals surface area contributed by atoms with E-state index < -0.39 is 20.5 Å². The Balaban J connectivity index is 0.000000225. The molecule has 0 heterocycles. The number of hydrogen-bond acceptors (Lipinski definition) is 2. The fourth-order valence-electron chi connectivity index (χ4n) is 6.08. The molecule has 6 aromatic carbocycles. The summed E-state index contributed by atoms with van der Waals surface area (Å²) in [6, 6.07) is 66.0. The van der Waals surface area contributed by atoms with Gasteiger partial charge in [0, 0.05) is 5.97 Å². The minimum atomic E-state index is -1.53. The Morgan fingerprint density at radius 2 is 0.532 bits per heavy atom. The lowest BCUT2D eigenvalue weighted by molar-refractivity contribution is -0.302. The maximum atomic E-state index is 8.89. The van der Waals surface area contributed by atoms with Crippen molar-refractivity contribution in [2.45, 2.75) is 20.8 Å². The second kappa shape index (κ2) is 19.1. The molecule has 0 amide bonds. The summed E-state index contributed by atoms with van der Waals surface area (Å²) in [6.07, 6.45) is 2.29. The monoisotopic (exact) mass is 720 g/mol. The SMILES string of the molecule is CC(=O)[O-].CC[P+](c1ccccc1)(c1ccccc1)c1ccccc1.CC[P+](c1ccccc1)(c1ccccc1)c1ccccc1.[Br-]. The highest BCUT2D eigenvalue weighted by atomic mass is 79.9. The molecule has 240 valence electrons. The number of benzene rings is 6. The summed E-state index contributed by atoms with van der Waals surface area (Å²) < 4.78 is 0. The lowest BCUT2D eigenvalue weighted by atomic mass is 10.4. The molecule has 0 aliphatic carbocycles. The predicted molar refractivity (Wildman–Crippen MR) is 202 cm³/mol. The van der Waals surface area contributed by atoms with Gasteiger partial charge >= 0.3 is 0 Å². The van der Waals surface area contributed by atoms with Gasteiger partial charge in [-0.15, -0.1) is 0 Å². The van der Waals surface area contributed by atoms with Crippen LogP contribution in [0.5, 0.6) is 0 Å². The van der Waals surface area contributed by atoms with Crippen LogP contribution in [0.2, 0.25) is 0 Å². The van der Waals surface area contributed by atoms with Crippen LogP contribution in [0, 0.1) is 0 Å². The first kappa shape index (κ1) is 37.6. The second-order valence-electron chi connectivity index (χ2n) is 10.8. The highest BCUT2D eigenvalue weighted by Gasteiger charge is 2.44. The first-order valence-electron chi connectivity index (χ1n) is 15.8. The second-order valence-corrected chi connectivity index (χ2v) is 18.4. The Kier molecular flexibility index (Phi) is 15.3. The van der Waals surface area contributed by atoms with Crippen LogP contribution in [0.4, 0.5) is 0 Å². The van der Waals surface area contributed by atoms with Gasteiger partial charge in [-0.1, -0.05) is 109 Å². The van der Waals surface area contributed by atoms with Crippen molar-refractivity contribution < 1.29 is 26.9 Å². The number of rotatable bonds is 8. The van der Waals surface area contributed by atoms with Gasteiger partial charge < -0.3 is 26.9 Å². The van der Waals surface area contributed by atoms with E-state index >= 15 is 0 Å². The Morgan fingerprint density at radius 3 is 0.638 bits per heavy atom. The first-order valence-corrected chi connectivity index (χ1v) is 19.7. The molecule has 0 saturated carbocycles. The lowest BCUT2D eigenvalue weighted by Crippen LogP contribution is -3.00. The fraction of sp³-hybridized carbons (Fsp3) is 0.119. The van der Waals surface area contributed by atoms with E-state index in [9.17, 15) is 0 Å². The van der Waals surface area contributed by atoms with Gasteiger partial charge in [0.2, 0.25) is 0 Å². The molecule has 0 radical (unpaired) electrons. The van der Waals surface area contributed by atoms with Crippen LogP contribution < -0.4 is 53.9 Å². The molecule has 0 saturated heterocycles. The molecule has 0 fully saturated rings. The summed E-state index contributed by atoms with van der Waals surface area (Å²) in [4.78, 5) is 8.89. The predicted octanol–water partition coefficient (Wildman–Crippen LogP) is 3.76. The zero-order valence-electron chi connectivity index (χ0n) is 27.3. The van der Waals surface area contributed by atoms with Crippen molar-refractivity contribution in [2.75, 3.05) is 12.3 Å². The van der Waals surface area contributed by atoms with Crippen LogP contribution in [0.25, 0.3) is 0 Å². The Hall–Kier alpha value is -3.87. The quantitative estimate of drug-likeness (QED) is 0.225. The van der Waals surface area contributed by atoms with Gasteiger partial charge in [0.15, 0.2) is 0 Å². The van der Waals surface area contributed by atoms with Crippen LogP contribution in [-0.2, 0) is 4.79 Å². The molecule has 6 rings (SSSR count). The third kappa shape index (κ3) is 9.15. The average Bonchev–Trinajstić information content (AvgIpc) is 3.12. The zero-order chi connectivity index (χ0) is 32.7. The topological polar surface area (TPSA) is 40.1 Å². The average molecular weight is 722 g/mol. The van der Waals surface area contributed by atoms with Gasteiger partial charge in [0.25, 0.3) is 0 Å². The number of carboxylic acids is 1. The molecule has 0 aromatic heterocycles. The Morgan fingerprint density at radius 1 is 0.404 bits per heavy atom. The molecular formula is C42H43BrO2P2. The maximum Gasteiger partial charge on any atom is 0.111 e. The van der Waals surface area contributed by atoms with Gasteiger partial charge in [-0.25, -0.2) is 0 Å². The van der Waals surface area contributed by atoms with E-state index in [0.29, 0.717) is 0 Å². The normalized spacial score (nSPS) is 10.6. The fourth-order valence-corrected chi connectivity index (χ4v) is 14.2. The maximum absolute atomic E-state index is 8.89. The third-order valence-electron chi connectivity index (χ3n) is 8.13. The van der Waals surface area contributed by atoms with Gasteiger partial charge in [0.1, 0.15) is 46.4 Å². The van der Waals surface area contributed by atoms with Crippen LogP contribution in [0.3, 0.4) is 0 Å². The summed E-state index contributed by atoms with van der Waals surface area (Å²) in [5.41, 5.74) is 0. The largest absolute Gasteiger partial charge is 1.00 e. The van der Waals surface area contributed by atoms with Gasteiger partial charge in [-0.2, -0.15) is 0 Å². The highest BCUT2D eigenvalue weighted by Crippen LogP contribution is 2.55. The number of carbonyl (C=O) groups is 1. The molecule has 6 aromatic rings. The number of hydrogen-bond donors (Lipinski definition) is 0. The van der Waals surface area contributed by atoms with E-state index in [2.05, 4.69) is 196 Å². The van der Waals surface area contributed by atoms with Crippen molar-refractivity contribution in [3.8, 4) is 0 Å². The van der Waals surface area contributed by atoms with Crippen LogP contribution in [-0.4, -0.2) is 18.3 Å². The van der Waals surface area contributed by atoms with Gasteiger partial charge in [-0.3, -0.25) is 0 Å². The number of halogens is 1. The number of carboxylic acid groups (broad SMARTS) is 1. The van der Waals surface area contributed by atoms with E-state index in [1.165, 1.54) is 31.8 Å². The summed E-state index contributed by atoms with van der Waals surface area (Å²) >= 11 is 0. The van der Waals surface area contributed by atoms with Crippen molar-refractivity contribution in [1.82, 2.24) is 0 Å². The van der Waals surface area contributed by atoms with E-state index in [4.69, 9.17) is 9.90 Å². The molecule has 0 atom stereocenters. The molecule has 0 aliphatic rings. The van der Waals surface area contributed by atoms with E-state index in [1.807, 2.05) is 0 Å². The van der Waals surface area contributed by atoms with Crippen molar-refractivity contribution in [3.63, 3.8) is 0 Å². The number of carbonyl (C=O) groups excluding carboxylic acids is 1. The van der Waals surface area contributed by atoms with Crippen LogP contribution >= 0.6 is 14.5 Å². The molecule has 0 unspecified atom stereocenters. The third-order valence-corrected chi connectivity index (χ3v) is 17.1. The summed E-state index contributed by atoms with van der Waals surface area (Å²) in [5.74, 6) is -1.08. The minimum absolute atomic E-state index is 0. The van der Waals surface area contributed by atoms with Crippen LogP contribution in [0.15, 0.2) is 182 Å². The van der Waals surface area contributed by atoms with Gasteiger partial charge in [0.05, 0.1) is 12.3 Å². The molecule has 0 N–H and O–H groups in total. The Labute approximate surface area is 293 Å². The van der Waals surface area contributed by atoms with E-state index in [0.717, 1.165) is 19.2 Å². The molecule has 0 bridgehead atoms. The van der Waals surface area contributed by atoms with Crippen molar-refractivity contribution >= 4 is 52.3 Å². The summed E-state index contributed by atoms with van der Waals surface area (Å²) in [6.45, 7) is 5.61. The molecule has 47 heavy (non-hydrogen) atoms. The Bertz CT molecular complexity index is 1400. The lowest BCUT2D eigenvalue weighted by Gasteiger charge is -2.26. The van der Waals surface area contributed by atoms with E-state index in [1.54, 1.807) is 0 Å². The van der Waals surface area contributed by atoms with Crippen LogP contribution in [0.1, 0.15) is 20.8 Å². The smallest absolute Gasteiger partial charge is 0.111 e. The molecule has 0 aliphatic heterocycles. The standard InChI is InChI=1S/2C20H20P.C2H4O2.BrH/c2*1-2-21(18-12-6-3-7-13-18,19-14-8-4-9-15-19)20-16-10-5-11-17-20;1-2(3)4;/h2*3-17H,2H2,1H3;1H3,(H,3,4);1H/q2*+1;;/p-2. The van der Waals surface area contributed by atoms with Crippen molar-refractivity contribution in [3.05, 3.63) is 182 Å². The molecule has 2 nitrogen and oxygen atoms in total. The van der Waals surface area contributed by atoms with Gasteiger partial charge in [-0.05, 0) is 93.6 Å². The minimum Gasteiger partial charge on any atom is -1.00 e. The molecule has 5 heteroatoms. The molecular weight excluding hydrogens is 678 g/mol.